The third-order valence-electron chi connectivity index (χ3n) is 3.18. The van der Waals surface area contributed by atoms with Crippen molar-refractivity contribution in [3.05, 3.63) is 53.1 Å². The molecular formula is C16H12F5NO2. The van der Waals surface area contributed by atoms with Gasteiger partial charge in [0.2, 0.25) is 0 Å². The van der Waals surface area contributed by atoms with Crippen LogP contribution < -0.4 is 0 Å². The van der Waals surface area contributed by atoms with Crippen molar-refractivity contribution in [3.63, 3.8) is 0 Å². The summed E-state index contributed by atoms with van der Waals surface area (Å²) in [4.78, 5) is 15.3. The number of hydrogen-bond donors (Lipinski definition) is 0. The molecule has 0 fully saturated rings. The first kappa shape index (κ1) is 17.8. The molecule has 0 N–H and O–H groups in total. The highest BCUT2D eigenvalue weighted by Gasteiger charge is 2.22. The zero-order chi connectivity index (χ0) is 17.9. The van der Waals surface area contributed by atoms with Gasteiger partial charge in [-0.2, -0.15) is 0 Å². The van der Waals surface area contributed by atoms with E-state index in [-0.39, 0.29) is 17.7 Å². The Balaban J connectivity index is 2.54. The number of alkyl halides is 4. The SMILES string of the molecule is CCOC(=O)c1cc(-c2ccc(F)c(C(F)F)c2)cnc1C(F)F. The number of pyridine rings is 1. The lowest BCUT2D eigenvalue weighted by atomic mass is 10.0. The minimum absolute atomic E-state index is 0.0299. The van der Waals surface area contributed by atoms with Crippen LogP contribution in [0.5, 0.6) is 0 Å². The molecular weight excluding hydrogens is 333 g/mol. The summed E-state index contributed by atoms with van der Waals surface area (Å²) < 4.78 is 69.5. The predicted octanol–water partition coefficient (Wildman–Crippen LogP) is 4.94. The molecule has 0 spiro atoms. The minimum Gasteiger partial charge on any atom is -0.462 e. The third kappa shape index (κ3) is 3.69. The van der Waals surface area contributed by atoms with E-state index in [1.165, 1.54) is 13.0 Å². The Morgan fingerprint density at radius 3 is 2.42 bits per heavy atom. The predicted molar refractivity (Wildman–Crippen MR) is 75.5 cm³/mol. The Bertz CT molecular complexity index is 749. The van der Waals surface area contributed by atoms with Gasteiger partial charge < -0.3 is 4.74 Å². The van der Waals surface area contributed by atoms with Crippen molar-refractivity contribution in [3.8, 4) is 11.1 Å². The number of nitrogens with zero attached hydrogens (tertiary/aromatic N) is 1. The average Bonchev–Trinajstić information content (AvgIpc) is 2.54. The highest BCUT2D eigenvalue weighted by Crippen LogP contribution is 2.30. The Hall–Kier alpha value is -2.51. The molecule has 0 aliphatic carbocycles. The van der Waals surface area contributed by atoms with Crippen LogP contribution in [0.3, 0.4) is 0 Å². The van der Waals surface area contributed by atoms with Crippen LogP contribution in [0.4, 0.5) is 22.0 Å². The highest BCUT2D eigenvalue weighted by molar-refractivity contribution is 5.92. The molecule has 0 saturated heterocycles. The van der Waals surface area contributed by atoms with Gasteiger partial charge in [0.05, 0.1) is 17.7 Å². The van der Waals surface area contributed by atoms with Gasteiger partial charge in [-0.1, -0.05) is 6.07 Å². The first-order valence-corrected chi connectivity index (χ1v) is 6.88. The largest absolute Gasteiger partial charge is 0.462 e. The summed E-state index contributed by atoms with van der Waals surface area (Å²) in [5, 5.41) is 0. The lowest BCUT2D eigenvalue weighted by Gasteiger charge is -2.11. The summed E-state index contributed by atoms with van der Waals surface area (Å²) >= 11 is 0. The van der Waals surface area contributed by atoms with Crippen LogP contribution in [0.1, 0.15) is 41.4 Å². The van der Waals surface area contributed by atoms with Crippen molar-refractivity contribution in [1.82, 2.24) is 4.98 Å². The van der Waals surface area contributed by atoms with E-state index in [9.17, 15) is 26.7 Å². The van der Waals surface area contributed by atoms with E-state index in [1.807, 2.05) is 0 Å². The number of carbonyl (C=O) groups is 1. The van der Waals surface area contributed by atoms with Crippen molar-refractivity contribution in [2.45, 2.75) is 19.8 Å². The summed E-state index contributed by atoms with van der Waals surface area (Å²) in [5.41, 5.74) is -1.83. The molecule has 24 heavy (non-hydrogen) atoms. The molecule has 1 heterocycles. The number of carbonyl (C=O) groups excluding carboxylic acids is 1. The molecule has 0 amide bonds. The standard InChI is InChI=1S/C16H12F5NO2/c1-2-24-16(23)11-6-9(7-22-13(11)15(20)21)8-3-4-12(17)10(5-8)14(18)19/h3-7,14-15H,2H2,1H3. The molecule has 0 radical (unpaired) electrons. The summed E-state index contributed by atoms with van der Waals surface area (Å²) in [6, 6.07) is 3.97. The maximum absolute atomic E-state index is 13.3. The summed E-state index contributed by atoms with van der Waals surface area (Å²) in [6.45, 7) is 1.48. The van der Waals surface area contributed by atoms with E-state index < -0.39 is 41.5 Å². The van der Waals surface area contributed by atoms with Gasteiger partial charge in [0.1, 0.15) is 11.5 Å². The number of aromatic nitrogens is 1. The Morgan fingerprint density at radius 2 is 1.83 bits per heavy atom. The molecule has 0 unspecified atom stereocenters. The smallest absolute Gasteiger partial charge is 0.340 e. The second-order valence-corrected chi connectivity index (χ2v) is 4.71. The fraction of sp³-hybridized carbons (Fsp3) is 0.250. The summed E-state index contributed by atoms with van der Waals surface area (Å²) in [6.07, 6.45) is -5.04. The van der Waals surface area contributed by atoms with Crippen LogP contribution in [0.2, 0.25) is 0 Å². The van der Waals surface area contributed by atoms with E-state index in [0.717, 1.165) is 24.4 Å². The van der Waals surface area contributed by atoms with Crippen molar-refractivity contribution in [2.24, 2.45) is 0 Å². The van der Waals surface area contributed by atoms with E-state index >= 15 is 0 Å². The lowest BCUT2D eigenvalue weighted by molar-refractivity contribution is 0.0513. The second-order valence-electron chi connectivity index (χ2n) is 4.71. The second kappa shape index (κ2) is 7.37. The summed E-state index contributed by atoms with van der Waals surface area (Å²) in [7, 11) is 0. The minimum atomic E-state index is -3.04. The number of halogens is 5. The van der Waals surface area contributed by atoms with E-state index in [2.05, 4.69) is 4.98 Å². The molecule has 1 aromatic heterocycles. The van der Waals surface area contributed by atoms with Crippen molar-refractivity contribution in [2.75, 3.05) is 6.61 Å². The molecule has 0 saturated carbocycles. The fourth-order valence-corrected chi connectivity index (χ4v) is 2.07. The Kier molecular flexibility index (Phi) is 5.48. The number of benzene rings is 1. The van der Waals surface area contributed by atoms with Crippen LogP contribution in [0.25, 0.3) is 11.1 Å². The summed E-state index contributed by atoms with van der Waals surface area (Å²) in [5.74, 6) is -2.09. The van der Waals surface area contributed by atoms with Crippen LogP contribution in [-0.2, 0) is 4.74 Å². The zero-order valence-corrected chi connectivity index (χ0v) is 12.4. The Labute approximate surface area is 134 Å². The van der Waals surface area contributed by atoms with Crippen LogP contribution in [0, 0.1) is 5.82 Å². The first-order chi connectivity index (χ1) is 11.3. The average molecular weight is 345 g/mol. The van der Waals surface area contributed by atoms with Crippen molar-refractivity contribution >= 4 is 5.97 Å². The van der Waals surface area contributed by atoms with E-state index in [4.69, 9.17) is 4.74 Å². The monoisotopic (exact) mass is 345 g/mol. The molecule has 2 rings (SSSR count). The number of hydrogen-bond acceptors (Lipinski definition) is 3. The molecule has 0 aliphatic heterocycles. The Morgan fingerprint density at radius 1 is 1.12 bits per heavy atom. The number of rotatable bonds is 5. The van der Waals surface area contributed by atoms with Crippen molar-refractivity contribution in [1.29, 1.82) is 0 Å². The van der Waals surface area contributed by atoms with Gasteiger partial charge in [-0.3, -0.25) is 4.98 Å². The zero-order valence-electron chi connectivity index (χ0n) is 12.4. The van der Waals surface area contributed by atoms with Gasteiger partial charge in [0.25, 0.3) is 12.9 Å². The van der Waals surface area contributed by atoms with Gasteiger partial charge in [0.15, 0.2) is 0 Å². The van der Waals surface area contributed by atoms with Gasteiger partial charge in [-0.15, -0.1) is 0 Å². The normalized spacial score (nSPS) is 11.2. The maximum atomic E-state index is 13.3. The molecule has 0 aliphatic rings. The molecule has 3 nitrogen and oxygen atoms in total. The van der Waals surface area contributed by atoms with Crippen LogP contribution >= 0.6 is 0 Å². The van der Waals surface area contributed by atoms with Gasteiger partial charge >= 0.3 is 5.97 Å². The molecule has 128 valence electrons. The highest BCUT2D eigenvalue weighted by atomic mass is 19.3. The molecule has 0 bridgehead atoms. The van der Waals surface area contributed by atoms with Crippen molar-refractivity contribution < 1.29 is 31.5 Å². The fourth-order valence-electron chi connectivity index (χ4n) is 2.07. The lowest BCUT2D eigenvalue weighted by Crippen LogP contribution is -2.10. The van der Waals surface area contributed by atoms with Gasteiger partial charge in [0, 0.05) is 11.8 Å². The maximum Gasteiger partial charge on any atom is 0.340 e. The first-order valence-electron chi connectivity index (χ1n) is 6.88. The number of esters is 1. The molecule has 2 aromatic rings. The molecule has 0 atom stereocenters. The quantitative estimate of drug-likeness (QED) is 0.569. The molecule has 1 aromatic carbocycles. The van der Waals surface area contributed by atoms with Crippen LogP contribution in [-0.4, -0.2) is 17.6 Å². The van der Waals surface area contributed by atoms with E-state index in [1.54, 1.807) is 0 Å². The van der Waals surface area contributed by atoms with Gasteiger partial charge in [-0.05, 0) is 30.7 Å². The molecule has 8 heteroatoms. The topological polar surface area (TPSA) is 39.2 Å². The third-order valence-corrected chi connectivity index (χ3v) is 3.18. The number of ether oxygens (including phenoxy) is 1. The van der Waals surface area contributed by atoms with E-state index in [0.29, 0.717) is 0 Å². The van der Waals surface area contributed by atoms with Crippen LogP contribution in [0.15, 0.2) is 30.5 Å². The van der Waals surface area contributed by atoms with Gasteiger partial charge in [-0.25, -0.2) is 26.7 Å².